The van der Waals surface area contributed by atoms with Gasteiger partial charge in [0, 0.05) is 19.0 Å². The predicted molar refractivity (Wildman–Crippen MR) is 103 cm³/mol. The minimum absolute atomic E-state index is 0.0143. The molecule has 0 spiro atoms. The molecule has 2 amide bonds. The number of rotatable bonds is 8. The number of nitrogens with one attached hydrogen (secondary N) is 1. The third-order valence-corrected chi connectivity index (χ3v) is 4.69. The number of hydrogen-bond donors (Lipinski definition) is 1. The van der Waals surface area contributed by atoms with E-state index >= 15 is 0 Å². The van der Waals surface area contributed by atoms with Crippen molar-refractivity contribution in [2.75, 3.05) is 32.8 Å². The van der Waals surface area contributed by atoms with Gasteiger partial charge in [-0.2, -0.15) is 0 Å². The van der Waals surface area contributed by atoms with Crippen LogP contribution in [0.1, 0.15) is 30.3 Å². The summed E-state index contributed by atoms with van der Waals surface area (Å²) in [6, 6.07) is 10.8. The van der Waals surface area contributed by atoms with Gasteiger partial charge in [-0.3, -0.25) is 9.59 Å². The highest BCUT2D eigenvalue weighted by Gasteiger charge is 2.28. The Labute approximate surface area is 164 Å². The van der Waals surface area contributed by atoms with Crippen molar-refractivity contribution in [3.8, 4) is 11.5 Å². The van der Waals surface area contributed by atoms with Gasteiger partial charge in [0.25, 0.3) is 5.91 Å². The number of nitrogens with zero attached hydrogens (tertiary/aromatic N) is 1. The molecular weight excluding hydrogens is 360 g/mol. The average Bonchev–Trinajstić information content (AvgIpc) is 3.27. The Bertz CT molecular complexity index is 750. The lowest BCUT2D eigenvalue weighted by Crippen LogP contribution is -2.43. The molecule has 0 atom stereocenters. The first-order valence-electron chi connectivity index (χ1n) is 9.63. The van der Waals surface area contributed by atoms with Gasteiger partial charge in [-0.15, -0.1) is 0 Å². The van der Waals surface area contributed by atoms with E-state index in [1.165, 1.54) is 6.26 Å². The molecule has 7 nitrogen and oxygen atoms in total. The highest BCUT2D eigenvalue weighted by Crippen LogP contribution is 2.20. The van der Waals surface area contributed by atoms with Crippen molar-refractivity contribution in [3.63, 3.8) is 0 Å². The molecule has 0 aliphatic carbocycles. The number of carbonyl (C=O) groups excluding carboxylic acids is 2. The smallest absolute Gasteiger partial charge is 0.289 e. The highest BCUT2D eigenvalue weighted by atomic mass is 16.5. The zero-order chi connectivity index (χ0) is 19.8. The van der Waals surface area contributed by atoms with Gasteiger partial charge in [0.2, 0.25) is 5.91 Å². The van der Waals surface area contributed by atoms with Gasteiger partial charge in [0.15, 0.2) is 5.76 Å². The van der Waals surface area contributed by atoms with Crippen molar-refractivity contribution in [2.24, 2.45) is 5.92 Å². The molecule has 1 saturated heterocycles. The van der Waals surface area contributed by atoms with Gasteiger partial charge < -0.3 is 24.1 Å². The topological polar surface area (TPSA) is 81.0 Å². The normalized spacial score (nSPS) is 14.5. The molecule has 150 valence electrons. The first kappa shape index (κ1) is 19.8. The van der Waals surface area contributed by atoms with Crippen LogP contribution in [-0.4, -0.2) is 49.6 Å². The van der Waals surface area contributed by atoms with Gasteiger partial charge in [0.05, 0.1) is 19.4 Å². The average molecular weight is 386 g/mol. The summed E-state index contributed by atoms with van der Waals surface area (Å²) in [6.07, 6.45) is 2.79. The van der Waals surface area contributed by atoms with Crippen LogP contribution in [0.15, 0.2) is 47.1 Å². The molecule has 1 aliphatic heterocycles. The van der Waals surface area contributed by atoms with Crippen LogP contribution < -0.4 is 14.8 Å². The minimum atomic E-state index is -0.118. The van der Waals surface area contributed by atoms with Crippen LogP contribution in [0.4, 0.5) is 0 Å². The third-order valence-electron chi connectivity index (χ3n) is 4.69. The van der Waals surface area contributed by atoms with E-state index in [4.69, 9.17) is 13.9 Å². The number of carbonyl (C=O) groups is 2. The lowest BCUT2D eigenvalue weighted by Gasteiger charge is -2.30. The number of ether oxygens (including phenoxy) is 2. The maximum atomic E-state index is 12.3. The summed E-state index contributed by atoms with van der Waals surface area (Å²) in [5.74, 6) is 1.70. The van der Waals surface area contributed by atoms with Gasteiger partial charge >= 0.3 is 0 Å². The van der Waals surface area contributed by atoms with E-state index in [1.54, 1.807) is 17.0 Å². The van der Waals surface area contributed by atoms with Gasteiger partial charge in [-0.05, 0) is 56.2 Å². The largest absolute Gasteiger partial charge is 0.494 e. The summed E-state index contributed by atoms with van der Waals surface area (Å²) in [7, 11) is 0. The number of hydrogen-bond acceptors (Lipinski definition) is 5. The van der Waals surface area contributed by atoms with Crippen LogP contribution in [0.2, 0.25) is 0 Å². The van der Waals surface area contributed by atoms with Gasteiger partial charge in [-0.1, -0.05) is 0 Å². The zero-order valence-corrected chi connectivity index (χ0v) is 16.1. The van der Waals surface area contributed by atoms with Crippen LogP contribution in [0.25, 0.3) is 0 Å². The van der Waals surface area contributed by atoms with E-state index in [1.807, 2.05) is 31.2 Å². The number of furan rings is 1. The van der Waals surface area contributed by atoms with Crippen molar-refractivity contribution < 1.29 is 23.5 Å². The Hall–Kier alpha value is -2.96. The Morgan fingerprint density at radius 3 is 2.39 bits per heavy atom. The van der Waals surface area contributed by atoms with E-state index in [9.17, 15) is 9.59 Å². The molecule has 0 radical (unpaired) electrons. The van der Waals surface area contributed by atoms with Crippen LogP contribution in [-0.2, 0) is 4.79 Å². The fourth-order valence-electron chi connectivity index (χ4n) is 3.19. The quantitative estimate of drug-likeness (QED) is 0.706. The maximum absolute atomic E-state index is 12.3. The Balaban J connectivity index is 1.34. The van der Waals surface area contributed by atoms with Crippen molar-refractivity contribution in [2.45, 2.75) is 19.8 Å². The van der Waals surface area contributed by atoms with Crippen molar-refractivity contribution in [3.05, 3.63) is 48.4 Å². The van der Waals surface area contributed by atoms with E-state index in [0.717, 1.165) is 11.5 Å². The standard InChI is InChI=1S/C21H26N2O5/c1-2-26-17-5-7-18(8-6-17)27-15-11-22-20(24)16-9-12-23(13-10-16)21(25)19-4-3-14-28-19/h3-8,14,16H,2,9-13,15H2,1H3,(H,22,24). The summed E-state index contributed by atoms with van der Waals surface area (Å²) in [4.78, 5) is 26.3. The molecule has 3 rings (SSSR count). The highest BCUT2D eigenvalue weighted by molar-refractivity contribution is 5.91. The Morgan fingerprint density at radius 2 is 1.79 bits per heavy atom. The number of piperidine rings is 1. The molecular formula is C21H26N2O5. The molecule has 1 aromatic heterocycles. The number of benzene rings is 1. The second-order valence-corrected chi connectivity index (χ2v) is 6.59. The summed E-state index contributed by atoms with van der Waals surface area (Å²) in [6.45, 7) is 4.52. The minimum Gasteiger partial charge on any atom is -0.494 e. The molecule has 0 unspecified atom stereocenters. The Kier molecular flexibility index (Phi) is 6.94. The third kappa shape index (κ3) is 5.28. The fraction of sp³-hybridized carbons (Fsp3) is 0.429. The van der Waals surface area contributed by atoms with E-state index in [2.05, 4.69) is 5.32 Å². The van der Waals surface area contributed by atoms with E-state index < -0.39 is 0 Å². The van der Waals surface area contributed by atoms with Crippen molar-refractivity contribution in [1.29, 1.82) is 0 Å². The second kappa shape index (κ2) is 9.82. The second-order valence-electron chi connectivity index (χ2n) is 6.59. The monoisotopic (exact) mass is 386 g/mol. The predicted octanol–water partition coefficient (Wildman–Crippen LogP) is 2.73. The zero-order valence-electron chi connectivity index (χ0n) is 16.1. The van der Waals surface area contributed by atoms with Crippen molar-refractivity contribution >= 4 is 11.8 Å². The molecule has 7 heteroatoms. The molecule has 28 heavy (non-hydrogen) atoms. The lowest BCUT2D eigenvalue weighted by atomic mass is 9.96. The summed E-state index contributed by atoms with van der Waals surface area (Å²) < 4.78 is 16.2. The Morgan fingerprint density at radius 1 is 1.11 bits per heavy atom. The molecule has 0 bridgehead atoms. The van der Waals surface area contributed by atoms with Crippen LogP contribution in [0.3, 0.4) is 0 Å². The summed E-state index contributed by atoms with van der Waals surface area (Å²) in [5, 5.41) is 2.92. The lowest BCUT2D eigenvalue weighted by molar-refractivity contribution is -0.126. The summed E-state index contributed by atoms with van der Waals surface area (Å²) >= 11 is 0. The van der Waals surface area contributed by atoms with Crippen LogP contribution in [0, 0.1) is 5.92 Å². The molecule has 1 aromatic carbocycles. The van der Waals surface area contributed by atoms with Crippen LogP contribution in [0.5, 0.6) is 11.5 Å². The summed E-state index contributed by atoms with van der Waals surface area (Å²) in [5.41, 5.74) is 0. The van der Waals surface area contributed by atoms with Gasteiger partial charge in [0.1, 0.15) is 18.1 Å². The maximum Gasteiger partial charge on any atom is 0.289 e. The first-order valence-corrected chi connectivity index (χ1v) is 9.63. The van der Waals surface area contributed by atoms with Crippen LogP contribution >= 0.6 is 0 Å². The SMILES string of the molecule is CCOc1ccc(OCCNC(=O)C2CCN(C(=O)c3ccco3)CC2)cc1. The van der Waals surface area contributed by atoms with E-state index in [0.29, 0.717) is 51.4 Å². The van der Waals surface area contributed by atoms with Crippen molar-refractivity contribution in [1.82, 2.24) is 10.2 Å². The number of likely N-dealkylation sites (tertiary alicyclic amines) is 1. The van der Waals surface area contributed by atoms with Gasteiger partial charge in [-0.25, -0.2) is 0 Å². The molecule has 1 N–H and O–H groups in total. The molecule has 1 aliphatic rings. The first-order chi connectivity index (χ1) is 13.7. The molecule has 2 heterocycles. The molecule has 0 saturated carbocycles. The molecule has 1 fully saturated rings. The molecule has 2 aromatic rings. The fourth-order valence-corrected chi connectivity index (χ4v) is 3.19. The number of amides is 2. The van der Waals surface area contributed by atoms with E-state index in [-0.39, 0.29) is 17.7 Å².